The Morgan fingerprint density at radius 1 is 1.24 bits per heavy atom. The Labute approximate surface area is 146 Å². The number of hydrogen-bond donors (Lipinski definition) is 3. The summed E-state index contributed by atoms with van der Waals surface area (Å²) in [6.45, 7) is 4.91. The van der Waals surface area contributed by atoms with Crippen molar-refractivity contribution in [2.75, 3.05) is 10.6 Å². The predicted molar refractivity (Wildman–Crippen MR) is 94.3 cm³/mol. The predicted octanol–water partition coefficient (Wildman–Crippen LogP) is 2.20. The molecule has 132 valence electrons. The number of rotatable bonds is 5. The van der Waals surface area contributed by atoms with E-state index < -0.39 is 0 Å². The molecule has 2 heterocycles. The van der Waals surface area contributed by atoms with E-state index in [1.165, 1.54) is 0 Å². The maximum absolute atomic E-state index is 12.2. The number of carbonyl (C=O) groups excluding carboxylic acids is 2. The quantitative estimate of drug-likeness (QED) is 0.775. The fraction of sp³-hybridized carbons (Fsp3) is 0.412. The van der Waals surface area contributed by atoms with E-state index in [0.29, 0.717) is 24.3 Å². The van der Waals surface area contributed by atoms with E-state index in [1.807, 2.05) is 23.6 Å². The number of benzene rings is 1. The van der Waals surface area contributed by atoms with Crippen molar-refractivity contribution in [2.24, 2.45) is 0 Å². The first kappa shape index (κ1) is 16.9. The Morgan fingerprint density at radius 2 is 2.08 bits per heavy atom. The topological polar surface area (TPSA) is 101 Å². The molecule has 0 bridgehead atoms. The lowest BCUT2D eigenvalue weighted by Crippen LogP contribution is -2.29. The summed E-state index contributed by atoms with van der Waals surface area (Å²) in [6.07, 6.45) is 2.41. The van der Waals surface area contributed by atoms with Crippen LogP contribution in [0.2, 0.25) is 0 Å². The van der Waals surface area contributed by atoms with Gasteiger partial charge in [-0.2, -0.15) is 0 Å². The first-order valence-corrected chi connectivity index (χ1v) is 8.43. The van der Waals surface area contributed by atoms with Crippen LogP contribution >= 0.6 is 0 Å². The lowest BCUT2D eigenvalue weighted by molar-refractivity contribution is -0.115. The first-order valence-electron chi connectivity index (χ1n) is 8.43. The van der Waals surface area contributed by atoms with Gasteiger partial charge in [0.05, 0.1) is 6.54 Å². The molecule has 3 N–H and O–H groups in total. The van der Waals surface area contributed by atoms with Crippen molar-refractivity contribution in [1.82, 2.24) is 20.1 Å². The lowest BCUT2D eigenvalue weighted by Gasteiger charge is -2.12. The van der Waals surface area contributed by atoms with E-state index >= 15 is 0 Å². The van der Waals surface area contributed by atoms with E-state index in [0.717, 1.165) is 36.6 Å². The third kappa shape index (κ3) is 3.96. The largest absolute Gasteiger partial charge is 0.331 e. The summed E-state index contributed by atoms with van der Waals surface area (Å²) in [5.41, 5.74) is 2.22. The van der Waals surface area contributed by atoms with Crippen LogP contribution in [0.5, 0.6) is 0 Å². The number of aryl methyl sites for hydroxylation is 2. The fourth-order valence-electron chi connectivity index (χ4n) is 2.75. The zero-order chi connectivity index (χ0) is 17.8. The van der Waals surface area contributed by atoms with E-state index in [9.17, 15) is 9.59 Å². The van der Waals surface area contributed by atoms with Crippen LogP contribution in [0.15, 0.2) is 18.2 Å². The number of anilines is 2. The summed E-state index contributed by atoms with van der Waals surface area (Å²) in [4.78, 5) is 23.7. The highest BCUT2D eigenvalue weighted by molar-refractivity contribution is 5.94. The van der Waals surface area contributed by atoms with Crippen LogP contribution in [0.1, 0.15) is 37.0 Å². The smallest absolute Gasteiger partial charge is 0.319 e. The minimum atomic E-state index is -0.322. The van der Waals surface area contributed by atoms with E-state index in [1.54, 1.807) is 13.0 Å². The zero-order valence-electron chi connectivity index (χ0n) is 14.4. The lowest BCUT2D eigenvalue weighted by atomic mass is 10.2. The molecule has 0 saturated carbocycles. The summed E-state index contributed by atoms with van der Waals surface area (Å²) < 4.78 is 2.05. The Morgan fingerprint density at radius 3 is 2.88 bits per heavy atom. The molecule has 1 aromatic heterocycles. The minimum absolute atomic E-state index is 0.0695. The van der Waals surface area contributed by atoms with Crippen molar-refractivity contribution in [3.8, 4) is 0 Å². The minimum Gasteiger partial charge on any atom is -0.331 e. The van der Waals surface area contributed by atoms with Crippen molar-refractivity contribution >= 4 is 23.3 Å². The van der Waals surface area contributed by atoms with Gasteiger partial charge in [0, 0.05) is 30.8 Å². The van der Waals surface area contributed by atoms with Crippen molar-refractivity contribution in [3.05, 3.63) is 35.4 Å². The molecule has 1 aliphatic heterocycles. The van der Waals surface area contributed by atoms with Gasteiger partial charge in [-0.05, 0) is 31.0 Å². The normalized spacial score (nSPS) is 12.6. The highest BCUT2D eigenvalue weighted by Gasteiger charge is 2.17. The van der Waals surface area contributed by atoms with Gasteiger partial charge in [0.2, 0.25) is 5.91 Å². The molecule has 3 amide bonds. The molecule has 0 atom stereocenters. The van der Waals surface area contributed by atoms with Gasteiger partial charge in [0.15, 0.2) is 5.82 Å². The Bertz CT molecular complexity index is 798. The molecule has 0 unspecified atom stereocenters. The van der Waals surface area contributed by atoms with Gasteiger partial charge in [-0.25, -0.2) is 4.79 Å². The number of urea groups is 1. The van der Waals surface area contributed by atoms with Crippen LogP contribution in [0.25, 0.3) is 0 Å². The Kier molecular flexibility index (Phi) is 4.97. The van der Waals surface area contributed by atoms with Crippen LogP contribution in [0.3, 0.4) is 0 Å². The summed E-state index contributed by atoms with van der Waals surface area (Å²) in [6, 6.07) is 5.09. The van der Waals surface area contributed by atoms with Gasteiger partial charge in [0.25, 0.3) is 0 Å². The summed E-state index contributed by atoms with van der Waals surface area (Å²) in [7, 11) is 0. The van der Waals surface area contributed by atoms with Crippen LogP contribution in [-0.2, 0) is 24.3 Å². The fourth-order valence-corrected chi connectivity index (χ4v) is 2.75. The molecule has 8 heteroatoms. The summed E-state index contributed by atoms with van der Waals surface area (Å²) in [5.74, 6) is 1.68. The number of aromatic nitrogens is 3. The number of carbonyl (C=O) groups is 2. The molecule has 0 fully saturated rings. The molecule has 0 radical (unpaired) electrons. The number of nitrogens with one attached hydrogen (secondary N) is 3. The third-order valence-electron chi connectivity index (χ3n) is 4.18. The maximum atomic E-state index is 12.2. The molecule has 1 aromatic carbocycles. The molecule has 3 rings (SSSR count). The molecular weight excluding hydrogens is 320 g/mol. The van der Waals surface area contributed by atoms with Crippen LogP contribution in [0.4, 0.5) is 16.2 Å². The average Bonchev–Trinajstić information content (AvgIpc) is 3.20. The highest BCUT2D eigenvalue weighted by atomic mass is 16.2. The van der Waals surface area contributed by atoms with Crippen molar-refractivity contribution in [2.45, 2.75) is 46.2 Å². The second-order valence-corrected chi connectivity index (χ2v) is 6.03. The van der Waals surface area contributed by atoms with E-state index in [2.05, 4.69) is 26.1 Å². The molecular formula is C17H22N6O2. The summed E-state index contributed by atoms with van der Waals surface area (Å²) >= 11 is 0. The Balaban J connectivity index is 1.60. The van der Waals surface area contributed by atoms with Crippen molar-refractivity contribution in [3.63, 3.8) is 0 Å². The average molecular weight is 342 g/mol. The molecule has 8 nitrogen and oxygen atoms in total. The number of amides is 3. The zero-order valence-corrected chi connectivity index (χ0v) is 14.4. The highest BCUT2D eigenvalue weighted by Crippen LogP contribution is 2.20. The SMILES string of the molecule is CCC(=O)Nc1ccc(C)c(NC(=O)NCc2nnc3n2CCC3)c1. The van der Waals surface area contributed by atoms with Gasteiger partial charge in [-0.3, -0.25) is 4.79 Å². The number of fused-ring (bicyclic) bond motifs is 1. The molecule has 0 aliphatic carbocycles. The van der Waals surface area contributed by atoms with Crippen LogP contribution in [0, 0.1) is 6.92 Å². The number of nitrogens with zero attached hydrogens (tertiary/aromatic N) is 3. The molecule has 0 spiro atoms. The van der Waals surface area contributed by atoms with Gasteiger partial charge >= 0.3 is 6.03 Å². The van der Waals surface area contributed by atoms with Crippen LogP contribution in [-0.4, -0.2) is 26.7 Å². The number of hydrogen-bond acceptors (Lipinski definition) is 4. The standard InChI is InChI=1S/C17H22N6O2/c1-3-16(24)19-12-7-6-11(2)13(9-12)20-17(25)18-10-15-22-21-14-5-4-8-23(14)15/h6-7,9H,3-5,8,10H2,1-2H3,(H,19,24)(H2,18,20,25). The van der Waals surface area contributed by atoms with Gasteiger partial charge in [-0.15, -0.1) is 10.2 Å². The Hall–Kier alpha value is -2.90. The maximum Gasteiger partial charge on any atom is 0.319 e. The monoisotopic (exact) mass is 342 g/mol. The second-order valence-electron chi connectivity index (χ2n) is 6.03. The third-order valence-corrected chi connectivity index (χ3v) is 4.18. The van der Waals surface area contributed by atoms with Crippen molar-refractivity contribution < 1.29 is 9.59 Å². The first-order chi connectivity index (χ1) is 12.1. The van der Waals surface area contributed by atoms with Crippen LogP contribution < -0.4 is 16.0 Å². The molecule has 0 saturated heterocycles. The van der Waals surface area contributed by atoms with E-state index in [4.69, 9.17) is 0 Å². The van der Waals surface area contributed by atoms with Crippen molar-refractivity contribution in [1.29, 1.82) is 0 Å². The molecule has 1 aliphatic rings. The second kappa shape index (κ2) is 7.33. The van der Waals surface area contributed by atoms with Gasteiger partial charge in [-0.1, -0.05) is 13.0 Å². The molecule has 2 aromatic rings. The summed E-state index contributed by atoms with van der Waals surface area (Å²) in [5, 5.41) is 16.6. The van der Waals surface area contributed by atoms with Gasteiger partial charge < -0.3 is 20.5 Å². The van der Waals surface area contributed by atoms with E-state index in [-0.39, 0.29) is 11.9 Å². The molecule has 25 heavy (non-hydrogen) atoms. The van der Waals surface area contributed by atoms with Gasteiger partial charge in [0.1, 0.15) is 5.82 Å².